The molecule has 80 heavy (non-hydrogen) atoms. The highest BCUT2D eigenvalue weighted by molar-refractivity contribution is 6.17. The Labute approximate surface area is 463 Å². The van der Waals surface area contributed by atoms with Crippen LogP contribution in [-0.4, -0.2) is 19.1 Å². The highest BCUT2D eigenvalue weighted by Gasteiger charge is 2.20. The molecule has 16 rings (SSSR count). The predicted octanol–water partition coefficient (Wildman–Crippen LogP) is 20.2. The number of hydrogen-bond acceptors (Lipinski definition) is 2. The van der Waals surface area contributed by atoms with E-state index in [9.17, 15) is 0 Å². The molecule has 0 radical (unpaired) electrons. The summed E-state index contributed by atoms with van der Waals surface area (Å²) in [6.45, 7) is 0. The molecule has 0 fully saturated rings. The molecule has 4 heteroatoms. The lowest BCUT2D eigenvalue weighted by Gasteiger charge is -2.17. The van der Waals surface area contributed by atoms with Crippen molar-refractivity contribution in [2.75, 3.05) is 0 Å². The molecule has 0 aliphatic rings. The topological polar surface area (TPSA) is 35.6 Å². The van der Waals surface area contributed by atoms with E-state index in [0.717, 1.165) is 56.2 Å². The minimum absolute atomic E-state index is 0.940. The number of fused-ring (bicyclic) bond motifs is 9. The summed E-state index contributed by atoms with van der Waals surface area (Å²) in [6, 6.07) is 108. The second-order valence-electron chi connectivity index (χ2n) is 20.4. The minimum atomic E-state index is 0.940. The maximum atomic E-state index is 5.08. The summed E-state index contributed by atoms with van der Waals surface area (Å²) in [5.41, 5.74) is 15.9. The Morgan fingerprint density at radius 2 is 0.613 bits per heavy atom. The van der Waals surface area contributed by atoms with Gasteiger partial charge in [-0.05, 0) is 136 Å². The van der Waals surface area contributed by atoms with Crippen LogP contribution in [0.2, 0.25) is 0 Å². The number of aromatic nitrogens is 4. The third kappa shape index (κ3) is 8.09. The minimum Gasteiger partial charge on any atom is -0.292 e. The molecule has 16 aromatic rings. The summed E-state index contributed by atoms with van der Waals surface area (Å²) in [6.07, 6.45) is 0. The van der Waals surface area contributed by atoms with E-state index in [1.165, 1.54) is 87.2 Å². The molecule has 0 aliphatic carbocycles. The summed E-state index contributed by atoms with van der Waals surface area (Å²) in [5, 5.41) is 12.6. The SMILES string of the molecule is c1ccc(-c2ccc(-c3nc4ccccc4n3-c3ccc(-c4cc5ccccc5c5ccccc45)cc3)cc2)cc1.c1ccc(-c2nc3ccccc3n2-c2ccc(-c3cc4ccccc4c4ccccc34)c3ccccc23)cc1. The van der Waals surface area contributed by atoms with Gasteiger partial charge in [-0.15, -0.1) is 0 Å². The van der Waals surface area contributed by atoms with Crippen molar-refractivity contribution in [1.29, 1.82) is 0 Å². The Morgan fingerprint density at radius 1 is 0.225 bits per heavy atom. The van der Waals surface area contributed by atoms with E-state index in [4.69, 9.17) is 9.97 Å². The molecule has 4 nitrogen and oxygen atoms in total. The zero-order valence-electron chi connectivity index (χ0n) is 43.7. The van der Waals surface area contributed by atoms with E-state index in [1.807, 2.05) is 6.07 Å². The van der Waals surface area contributed by atoms with Gasteiger partial charge in [0.15, 0.2) is 0 Å². The molecule has 0 spiro atoms. The molecule has 0 unspecified atom stereocenters. The third-order valence-electron chi connectivity index (χ3n) is 15.8. The van der Waals surface area contributed by atoms with Gasteiger partial charge in [-0.3, -0.25) is 9.13 Å². The van der Waals surface area contributed by atoms with Crippen molar-refractivity contribution < 1.29 is 0 Å². The number of benzene rings is 14. The maximum absolute atomic E-state index is 5.08. The van der Waals surface area contributed by atoms with Gasteiger partial charge in [0.25, 0.3) is 0 Å². The van der Waals surface area contributed by atoms with Gasteiger partial charge in [0, 0.05) is 22.2 Å². The van der Waals surface area contributed by atoms with Crippen molar-refractivity contribution in [2.45, 2.75) is 0 Å². The quantitative estimate of drug-likeness (QED) is 0.149. The summed E-state index contributed by atoms with van der Waals surface area (Å²) in [5.74, 6) is 1.89. The molecule has 14 aromatic carbocycles. The first kappa shape index (κ1) is 46.6. The molecule has 2 aromatic heterocycles. The van der Waals surface area contributed by atoms with Gasteiger partial charge in [0.05, 0.1) is 27.8 Å². The molecule has 0 saturated heterocycles. The Bertz CT molecular complexity index is 4980. The van der Waals surface area contributed by atoms with Crippen molar-refractivity contribution in [1.82, 2.24) is 19.1 Å². The molecule has 0 saturated carbocycles. The fourth-order valence-electron chi connectivity index (χ4n) is 12.0. The second-order valence-corrected chi connectivity index (χ2v) is 20.4. The van der Waals surface area contributed by atoms with Crippen LogP contribution in [0.4, 0.5) is 0 Å². The molecule has 0 atom stereocenters. The highest BCUT2D eigenvalue weighted by Crippen LogP contribution is 2.42. The van der Waals surface area contributed by atoms with E-state index in [1.54, 1.807) is 0 Å². The van der Waals surface area contributed by atoms with E-state index in [0.29, 0.717) is 0 Å². The van der Waals surface area contributed by atoms with Crippen LogP contribution in [0.3, 0.4) is 0 Å². The van der Waals surface area contributed by atoms with E-state index >= 15 is 0 Å². The first-order valence-corrected chi connectivity index (χ1v) is 27.3. The summed E-state index contributed by atoms with van der Waals surface area (Å²) < 4.78 is 4.59. The number of nitrogens with zero attached hydrogens (tertiary/aromatic N) is 4. The molecule has 374 valence electrons. The molecule has 2 heterocycles. The van der Waals surface area contributed by atoms with Crippen molar-refractivity contribution in [3.8, 4) is 67.5 Å². The molecule has 0 amide bonds. The smallest absolute Gasteiger partial charge is 0.145 e. The Hall–Kier alpha value is -10.7. The molecule has 0 N–H and O–H groups in total. The standard InChI is InChI=1S/C39H26N2.C37H24N2/c1-2-10-27(11-3-1)28-18-20-30(21-19-28)39-40-37-16-8-9-17-38(37)41(39)32-24-22-29(23-25-32)36-26-31-12-4-5-13-33(31)34-14-6-7-15-35(34)36;1-2-12-25(13-3-1)37-38-34-20-10-11-21-36(34)39(37)35-23-22-31(29-17-8-9-19-32(29)35)33-24-26-14-4-5-15-27(26)28-16-6-7-18-30(28)33/h1-26H;1-24H. The Morgan fingerprint density at radius 3 is 1.21 bits per heavy atom. The third-order valence-corrected chi connectivity index (χ3v) is 15.8. The normalized spacial score (nSPS) is 11.5. The van der Waals surface area contributed by atoms with Crippen LogP contribution in [0.15, 0.2) is 303 Å². The van der Waals surface area contributed by atoms with Crippen LogP contribution in [0, 0.1) is 0 Å². The number of rotatable bonds is 7. The lowest BCUT2D eigenvalue weighted by atomic mass is 9.90. The lowest BCUT2D eigenvalue weighted by Crippen LogP contribution is -1.99. The molecular weight excluding hydrogens is 969 g/mol. The van der Waals surface area contributed by atoms with Gasteiger partial charge in [0.1, 0.15) is 11.6 Å². The summed E-state index contributed by atoms with van der Waals surface area (Å²) in [4.78, 5) is 10.2. The zero-order chi connectivity index (χ0) is 52.9. The van der Waals surface area contributed by atoms with Crippen molar-refractivity contribution in [3.63, 3.8) is 0 Å². The van der Waals surface area contributed by atoms with Crippen LogP contribution in [0.1, 0.15) is 0 Å². The largest absolute Gasteiger partial charge is 0.292 e. The maximum Gasteiger partial charge on any atom is 0.145 e. The predicted molar refractivity (Wildman–Crippen MR) is 337 cm³/mol. The van der Waals surface area contributed by atoms with Crippen LogP contribution in [0.5, 0.6) is 0 Å². The van der Waals surface area contributed by atoms with Gasteiger partial charge >= 0.3 is 0 Å². The van der Waals surface area contributed by atoms with Gasteiger partial charge < -0.3 is 0 Å². The van der Waals surface area contributed by atoms with E-state index in [2.05, 4.69) is 306 Å². The number of para-hydroxylation sites is 4. The lowest BCUT2D eigenvalue weighted by molar-refractivity contribution is 1.10. The van der Waals surface area contributed by atoms with Crippen molar-refractivity contribution in [3.05, 3.63) is 303 Å². The number of imidazole rings is 2. The summed E-state index contributed by atoms with van der Waals surface area (Å²) >= 11 is 0. The van der Waals surface area contributed by atoms with Crippen LogP contribution in [-0.2, 0) is 0 Å². The van der Waals surface area contributed by atoms with Gasteiger partial charge in [-0.2, -0.15) is 0 Å². The van der Waals surface area contributed by atoms with Gasteiger partial charge in [-0.25, -0.2) is 9.97 Å². The fraction of sp³-hybridized carbons (Fsp3) is 0. The van der Waals surface area contributed by atoms with E-state index < -0.39 is 0 Å². The molecule has 0 bridgehead atoms. The second kappa shape index (κ2) is 19.7. The monoisotopic (exact) mass is 1020 g/mol. The summed E-state index contributed by atoms with van der Waals surface area (Å²) in [7, 11) is 0. The van der Waals surface area contributed by atoms with Crippen LogP contribution < -0.4 is 0 Å². The fourth-order valence-corrected chi connectivity index (χ4v) is 12.0. The van der Waals surface area contributed by atoms with Gasteiger partial charge in [0.2, 0.25) is 0 Å². The van der Waals surface area contributed by atoms with Crippen molar-refractivity contribution in [2.24, 2.45) is 0 Å². The van der Waals surface area contributed by atoms with Crippen molar-refractivity contribution >= 4 is 75.9 Å². The molecular formula is C76H50N4. The first-order chi connectivity index (χ1) is 39.7. The highest BCUT2D eigenvalue weighted by atomic mass is 15.1. The Kier molecular flexibility index (Phi) is 11.5. The van der Waals surface area contributed by atoms with Crippen LogP contribution >= 0.6 is 0 Å². The molecule has 0 aliphatic heterocycles. The average Bonchev–Trinajstić information content (AvgIpc) is 4.20. The zero-order valence-corrected chi connectivity index (χ0v) is 43.7. The Balaban J connectivity index is 0.000000138. The van der Waals surface area contributed by atoms with E-state index in [-0.39, 0.29) is 0 Å². The first-order valence-electron chi connectivity index (χ1n) is 27.3. The number of hydrogen-bond donors (Lipinski definition) is 0. The average molecular weight is 1020 g/mol. The van der Waals surface area contributed by atoms with Gasteiger partial charge in [-0.1, -0.05) is 249 Å². The van der Waals surface area contributed by atoms with Crippen LogP contribution in [0.25, 0.3) is 143 Å².